The van der Waals surface area contributed by atoms with Gasteiger partial charge in [-0.05, 0) is 31.4 Å². The van der Waals surface area contributed by atoms with Crippen molar-refractivity contribution in [2.24, 2.45) is 4.99 Å². The molecular weight excluding hydrogens is 298 g/mol. The molecule has 0 aromatic heterocycles. The number of rotatable bonds is 7. The molecule has 0 saturated heterocycles. The predicted octanol–water partition coefficient (Wildman–Crippen LogP) is 2.69. The second kappa shape index (κ2) is 9.08. The summed E-state index contributed by atoms with van der Waals surface area (Å²) >= 11 is 0. The number of aliphatic imine (C=N–C) groups is 1. The first-order chi connectivity index (χ1) is 11.6. The van der Waals surface area contributed by atoms with Gasteiger partial charge in [0.05, 0.1) is 6.54 Å². The fourth-order valence-electron chi connectivity index (χ4n) is 2.43. The molecular formula is C20H27N3O. The molecule has 3 N–H and O–H groups in total. The van der Waals surface area contributed by atoms with Crippen LogP contribution in [0.1, 0.15) is 25.0 Å². The molecule has 0 aliphatic heterocycles. The zero-order chi connectivity index (χ0) is 17.3. The van der Waals surface area contributed by atoms with Crippen LogP contribution in [0.4, 0.5) is 0 Å². The summed E-state index contributed by atoms with van der Waals surface area (Å²) in [5.41, 5.74) is 1.18. The van der Waals surface area contributed by atoms with Crippen LogP contribution in [0.2, 0.25) is 0 Å². The normalized spacial score (nSPS) is 14.0. The van der Waals surface area contributed by atoms with E-state index in [0.29, 0.717) is 6.54 Å². The summed E-state index contributed by atoms with van der Waals surface area (Å²) in [5.74, 6) is 0.727. The maximum absolute atomic E-state index is 10.6. The lowest BCUT2D eigenvalue weighted by Gasteiger charge is -2.22. The van der Waals surface area contributed by atoms with Crippen molar-refractivity contribution in [3.63, 3.8) is 0 Å². The Balaban J connectivity index is 1.92. The largest absolute Gasteiger partial charge is 0.384 e. The molecule has 2 rings (SSSR count). The molecule has 4 heteroatoms. The van der Waals surface area contributed by atoms with E-state index in [-0.39, 0.29) is 0 Å². The standard InChI is InChI=1S/C20H27N3O/c1-3-21-19(22-15-14-17-10-6-4-7-11-17)23-16-20(2,24)18-12-8-5-9-13-18/h4-13,24H,3,14-16H2,1-2H3,(H2,21,22,23). The van der Waals surface area contributed by atoms with Crippen LogP contribution in [0.25, 0.3) is 0 Å². The summed E-state index contributed by atoms with van der Waals surface area (Å²) in [6.45, 7) is 5.70. The minimum absolute atomic E-state index is 0.303. The van der Waals surface area contributed by atoms with E-state index in [0.717, 1.165) is 31.0 Å². The van der Waals surface area contributed by atoms with Crippen LogP contribution >= 0.6 is 0 Å². The van der Waals surface area contributed by atoms with Gasteiger partial charge in [-0.1, -0.05) is 60.7 Å². The number of nitrogens with zero attached hydrogens (tertiary/aromatic N) is 1. The van der Waals surface area contributed by atoms with Gasteiger partial charge in [0.15, 0.2) is 5.96 Å². The Morgan fingerprint density at radius 3 is 2.25 bits per heavy atom. The highest BCUT2D eigenvalue weighted by Crippen LogP contribution is 2.20. The van der Waals surface area contributed by atoms with Crippen LogP contribution in [-0.2, 0) is 12.0 Å². The Kier molecular flexibility index (Phi) is 6.82. The number of hydrogen-bond acceptors (Lipinski definition) is 2. The van der Waals surface area contributed by atoms with Crippen LogP contribution < -0.4 is 10.6 Å². The third-order valence-corrected chi connectivity index (χ3v) is 3.83. The summed E-state index contributed by atoms with van der Waals surface area (Å²) in [7, 11) is 0. The molecule has 1 unspecified atom stereocenters. The van der Waals surface area contributed by atoms with Gasteiger partial charge < -0.3 is 15.7 Å². The predicted molar refractivity (Wildman–Crippen MR) is 100 cm³/mol. The second-order valence-electron chi connectivity index (χ2n) is 6.00. The van der Waals surface area contributed by atoms with E-state index >= 15 is 0 Å². The quantitative estimate of drug-likeness (QED) is 0.542. The molecule has 0 amide bonds. The van der Waals surface area contributed by atoms with Crippen molar-refractivity contribution in [1.82, 2.24) is 10.6 Å². The fraction of sp³-hybridized carbons (Fsp3) is 0.350. The molecule has 2 aromatic carbocycles. The van der Waals surface area contributed by atoms with Gasteiger partial charge in [0, 0.05) is 13.1 Å². The Morgan fingerprint density at radius 1 is 1.00 bits per heavy atom. The van der Waals surface area contributed by atoms with Gasteiger partial charge in [-0.25, -0.2) is 4.99 Å². The average Bonchev–Trinajstić information content (AvgIpc) is 2.61. The highest BCUT2D eigenvalue weighted by Gasteiger charge is 2.22. The van der Waals surface area contributed by atoms with E-state index in [2.05, 4.69) is 27.8 Å². The maximum Gasteiger partial charge on any atom is 0.191 e. The van der Waals surface area contributed by atoms with Gasteiger partial charge >= 0.3 is 0 Å². The van der Waals surface area contributed by atoms with Crippen molar-refractivity contribution < 1.29 is 5.11 Å². The van der Waals surface area contributed by atoms with Gasteiger partial charge in [0.1, 0.15) is 5.60 Å². The van der Waals surface area contributed by atoms with Crippen molar-refractivity contribution in [3.8, 4) is 0 Å². The van der Waals surface area contributed by atoms with Crippen LogP contribution in [0.3, 0.4) is 0 Å². The zero-order valence-electron chi connectivity index (χ0n) is 14.5. The molecule has 0 fully saturated rings. The number of benzene rings is 2. The minimum Gasteiger partial charge on any atom is -0.384 e. The van der Waals surface area contributed by atoms with Gasteiger partial charge in [-0.3, -0.25) is 0 Å². The van der Waals surface area contributed by atoms with Crippen LogP contribution in [0.5, 0.6) is 0 Å². The van der Waals surface area contributed by atoms with E-state index in [4.69, 9.17) is 0 Å². The van der Waals surface area contributed by atoms with E-state index in [1.807, 2.05) is 55.5 Å². The Labute approximate surface area is 144 Å². The van der Waals surface area contributed by atoms with Crippen LogP contribution in [0.15, 0.2) is 65.7 Å². The molecule has 0 aliphatic rings. The summed E-state index contributed by atoms with van der Waals surface area (Å²) in [5, 5.41) is 17.2. The van der Waals surface area contributed by atoms with Crippen molar-refractivity contribution in [2.45, 2.75) is 25.9 Å². The van der Waals surface area contributed by atoms with Gasteiger partial charge in [-0.15, -0.1) is 0 Å². The Bertz CT molecular complexity index is 624. The maximum atomic E-state index is 10.6. The van der Waals surface area contributed by atoms with Gasteiger partial charge in [-0.2, -0.15) is 0 Å². The third-order valence-electron chi connectivity index (χ3n) is 3.83. The lowest BCUT2D eigenvalue weighted by molar-refractivity contribution is 0.0672. The van der Waals surface area contributed by atoms with Gasteiger partial charge in [0.25, 0.3) is 0 Å². The topological polar surface area (TPSA) is 56.7 Å². The number of guanidine groups is 1. The highest BCUT2D eigenvalue weighted by atomic mass is 16.3. The first kappa shape index (κ1) is 18.0. The summed E-state index contributed by atoms with van der Waals surface area (Å²) < 4.78 is 0. The molecule has 128 valence electrons. The summed E-state index contributed by atoms with van der Waals surface area (Å²) in [6, 6.07) is 20.0. The third kappa shape index (κ3) is 5.70. The molecule has 0 radical (unpaired) electrons. The zero-order valence-corrected chi connectivity index (χ0v) is 14.5. The van der Waals surface area contributed by atoms with Crippen LogP contribution in [0, 0.1) is 0 Å². The monoisotopic (exact) mass is 325 g/mol. The second-order valence-corrected chi connectivity index (χ2v) is 6.00. The SMILES string of the molecule is CCNC(=NCC(C)(O)c1ccccc1)NCCc1ccccc1. The van der Waals surface area contributed by atoms with E-state index in [9.17, 15) is 5.11 Å². The number of hydrogen-bond donors (Lipinski definition) is 3. The summed E-state index contributed by atoms with van der Waals surface area (Å²) in [6.07, 6.45) is 0.931. The van der Waals surface area contributed by atoms with Crippen molar-refractivity contribution in [2.75, 3.05) is 19.6 Å². The first-order valence-corrected chi connectivity index (χ1v) is 8.46. The molecule has 0 heterocycles. The number of aliphatic hydroxyl groups is 1. The number of nitrogens with one attached hydrogen (secondary N) is 2. The molecule has 0 bridgehead atoms. The smallest absolute Gasteiger partial charge is 0.191 e. The Hall–Kier alpha value is -2.33. The lowest BCUT2D eigenvalue weighted by Crippen LogP contribution is -2.39. The van der Waals surface area contributed by atoms with Gasteiger partial charge in [0.2, 0.25) is 0 Å². The highest BCUT2D eigenvalue weighted by molar-refractivity contribution is 5.79. The Morgan fingerprint density at radius 2 is 1.62 bits per heavy atom. The molecule has 4 nitrogen and oxygen atoms in total. The fourth-order valence-corrected chi connectivity index (χ4v) is 2.43. The van der Waals surface area contributed by atoms with E-state index in [1.54, 1.807) is 6.92 Å². The van der Waals surface area contributed by atoms with Crippen LogP contribution in [-0.4, -0.2) is 30.7 Å². The molecule has 2 aromatic rings. The molecule has 1 atom stereocenters. The van der Waals surface area contributed by atoms with Crippen molar-refractivity contribution in [3.05, 3.63) is 71.8 Å². The van der Waals surface area contributed by atoms with Crippen molar-refractivity contribution in [1.29, 1.82) is 0 Å². The lowest BCUT2D eigenvalue weighted by atomic mass is 9.96. The summed E-state index contributed by atoms with van der Waals surface area (Å²) in [4.78, 5) is 4.54. The van der Waals surface area contributed by atoms with E-state index < -0.39 is 5.60 Å². The molecule has 0 spiro atoms. The average molecular weight is 325 g/mol. The minimum atomic E-state index is -0.983. The van der Waals surface area contributed by atoms with E-state index in [1.165, 1.54) is 5.56 Å². The molecule has 0 aliphatic carbocycles. The first-order valence-electron chi connectivity index (χ1n) is 8.46. The van der Waals surface area contributed by atoms with Crippen molar-refractivity contribution >= 4 is 5.96 Å². The molecule has 24 heavy (non-hydrogen) atoms. The molecule has 0 saturated carbocycles.